The number of hydrogen-bond acceptors (Lipinski definition) is 4. The van der Waals surface area contributed by atoms with Crippen LogP contribution in [-0.2, 0) is 7.05 Å². The Morgan fingerprint density at radius 3 is 2.58 bits per heavy atom. The first-order valence-corrected chi connectivity index (χ1v) is 6.31. The highest BCUT2D eigenvalue weighted by molar-refractivity contribution is 6.04. The normalized spacial score (nSPS) is 10.9. The van der Waals surface area contributed by atoms with Crippen LogP contribution < -0.4 is 4.90 Å². The molecule has 1 N–H and O–H groups in total. The van der Waals surface area contributed by atoms with Gasteiger partial charge < -0.3 is 10.0 Å². The molecule has 102 valence electrons. The molecule has 2 aromatic heterocycles. The van der Waals surface area contributed by atoms with Gasteiger partial charge in [-0.05, 0) is 20.8 Å². The van der Waals surface area contributed by atoms with E-state index in [9.17, 15) is 9.90 Å². The second-order valence-electron chi connectivity index (χ2n) is 4.41. The van der Waals surface area contributed by atoms with Gasteiger partial charge in [0, 0.05) is 26.3 Å². The first-order chi connectivity index (χ1) is 9.01. The summed E-state index contributed by atoms with van der Waals surface area (Å²) in [5.41, 5.74) is 2.46. The fourth-order valence-corrected chi connectivity index (χ4v) is 2.42. The van der Waals surface area contributed by atoms with E-state index in [-0.39, 0.29) is 5.56 Å². The Balaban J connectivity index is 2.87. The molecule has 6 heteroatoms. The van der Waals surface area contributed by atoms with Gasteiger partial charge in [0.1, 0.15) is 5.56 Å². The van der Waals surface area contributed by atoms with Crippen molar-refractivity contribution in [2.24, 2.45) is 7.05 Å². The first kappa shape index (κ1) is 13.3. The van der Waals surface area contributed by atoms with Crippen molar-refractivity contribution < 1.29 is 9.90 Å². The molecule has 0 aliphatic heterocycles. The van der Waals surface area contributed by atoms with Crippen LogP contribution in [0.15, 0.2) is 6.20 Å². The molecule has 0 aromatic carbocycles. The van der Waals surface area contributed by atoms with Crippen LogP contribution in [0.2, 0.25) is 0 Å². The quantitative estimate of drug-likeness (QED) is 0.910. The van der Waals surface area contributed by atoms with Gasteiger partial charge >= 0.3 is 5.97 Å². The number of pyridine rings is 1. The second kappa shape index (κ2) is 4.87. The van der Waals surface area contributed by atoms with E-state index >= 15 is 0 Å². The number of aryl methyl sites for hydroxylation is 2. The maximum absolute atomic E-state index is 11.4. The van der Waals surface area contributed by atoms with Crippen LogP contribution >= 0.6 is 0 Å². The highest BCUT2D eigenvalue weighted by Crippen LogP contribution is 2.31. The Bertz CT molecular complexity index is 629. The van der Waals surface area contributed by atoms with E-state index in [1.165, 1.54) is 6.20 Å². The number of rotatable bonds is 4. The number of carboxylic acids is 1. The van der Waals surface area contributed by atoms with Crippen LogP contribution in [0.1, 0.15) is 29.9 Å². The molecule has 2 heterocycles. The molecule has 0 spiro atoms. The van der Waals surface area contributed by atoms with Gasteiger partial charge in [-0.1, -0.05) is 0 Å². The van der Waals surface area contributed by atoms with E-state index in [0.717, 1.165) is 24.2 Å². The average molecular weight is 262 g/mol. The maximum Gasteiger partial charge on any atom is 0.339 e. The van der Waals surface area contributed by atoms with Gasteiger partial charge in [0.2, 0.25) is 0 Å². The number of aromatic nitrogens is 3. The Morgan fingerprint density at radius 1 is 1.42 bits per heavy atom. The average Bonchev–Trinajstić information content (AvgIpc) is 2.66. The largest absolute Gasteiger partial charge is 0.478 e. The molecule has 0 saturated heterocycles. The van der Waals surface area contributed by atoms with Gasteiger partial charge in [0.25, 0.3) is 0 Å². The Labute approximate surface area is 111 Å². The number of aromatic carboxylic acids is 1. The lowest BCUT2D eigenvalue weighted by Crippen LogP contribution is -2.24. The minimum Gasteiger partial charge on any atom is -0.478 e. The monoisotopic (exact) mass is 262 g/mol. The van der Waals surface area contributed by atoms with Crippen molar-refractivity contribution in [3.8, 4) is 0 Å². The summed E-state index contributed by atoms with van der Waals surface area (Å²) < 4.78 is 1.68. The number of anilines is 1. The minimum absolute atomic E-state index is 0.229. The van der Waals surface area contributed by atoms with Crippen LogP contribution in [0.3, 0.4) is 0 Å². The Hall–Kier alpha value is -2.11. The number of carbonyl (C=O) groups is 1. The number of fused-ring (bicyclic) bond motifs is 1. The number of carboxylic acid groups (broad SMARTS) is 1. The van der Waals surface area contributed by atoms with E-state index < -0.39 is 5.97 Å². The molecule has 0 radical (unpaired) electrons. The van der Waals surface area contributed by atoms with Crippen LogP contribution in [-0.4, -0.2) is 38.9 Å². The molecule has 0 aliphatic rings. The van der Waals surface area contributed by atoms with Gasteiger partial charge in [-0.25, -0.2) is 9.78 Å². The molecule has 2 aromatic rings. The van der Waals surface area contributed by atoms with Crippen molar-refractivity contribution in [3.05, 3.63) is 17.5 Å². The van der Waals surface area contributed by atoms with Crippen LogP contribution in [0.25, 0.3) is 11.0 Å². The summed E-state index contributed by atoms with van der Waals surface area (Å²) in [6.07, 6.45) is 1.42. The van der Waals surface area contributed by atoms with Gasteiger partial charge in [0.15, 0.2) is 5.65 Å². The smallest absolute Gasteiger partial charge is 0.339 e. The molecule has 0 unspecified atom stereocenters. The fraction of sp³-hybridized carbons (Fsp3) is 0.462. The second-order valence-corrected chi connectivity index (χ2v) is 4.41. The Kier molecular flexibility index (Phi) is 3.42. The third kappa shape index (κ3) is 2.03. The van der Waals surface area contributed by atoms with Crippen molar-refractivity contribution in [3.63, 3.8) is 0 Å². The van der Waals surface area contributed by atoms with Crippen molar-refractivity contribution in [2.45, 2.75) is 20.8 Å². The molecular formula is C13H18N4O2. The molecule has 2 rings (SSSR count). The third-order valence-corrected chi connectivity index (χ3v) is 3.31. The summed E-state index contributed by atoms with van der Waals surface area (Å²) in [5, 5.41) is 14.5. The molecule has 0 atom stereocenters. The van der Waals surface area contributed by atoms with E-state index in [0.29, 0.717) is 11.3 Å². The van der Waals surface area contributed by atoms with Crippen molar-refractivity contribution in [1.29, 1.82) is 0 Å². The van der Waals surface area contributed by atoms with Crippen molar-refractivity contribution >= 4 is 22.7 Å². The SMILES string of the molecule is CCN(CC)c1c(C(=O)O)cnc2c1c(C)nn2C. The van der Waals surface area contributed by atoms with Crippen LogP contribution in [0.5, 0.6) is 0 Å². The zero-order chi connectivity index (χ0) is 14.2. The lowest BCUT2D eigenvalue weighted by molar-refractivity contribution is 0.0697. The molecule has 6 nitrogen and oxygen atoms in total. The summed E-state index contributed by atoms with van der Waals surface area (Å²) in [7, 11) is 1.81. The molecule has 0 amide bonds. The minimum atomic E-state index is -0.959. The summed E-state index contributed by atoms with van der Waals surface area (Å²) in [6.45, 7) is 7.37. The molecule has 0 fully saturated rings. The predicted octanol–water partition coefficient (Wildman–Crippen LogP) is 1.82. The lowest BCUT2D eigenvalue weighted by atomic mass is 10.1. The summed E-state index contributed by atoms with van der Waals surface area (Å²) in [5.74, 6) is -0.959. The highest BCUT2D eigenvalue weighted by atomic mass is 16.4. The van der Waals surface area contributed by atoms with Gasteiger partial charge in [-0.3, -0.25) is 4.68 Å². The summed E-state index contributed by atoms with van der Waals surface area (Å²) >= 11 is 0. The zero-order valence-electron chi connectivity index (χ0n) is 11.6. The number of hydrogen-bond donors (Lipinski definition) is 1. The highest BCUT2D eigenvalue weighted by Gasteiger charge is 2.22. The maximum atomic E-state index is 11.4. The van der Waals surface area contributed by atoms with Crippen molar-refractivity contribution in [2.75, 3.05) is 18.0 Å². The topological polar surface area (TPSA) is 71.2 Å². The van der Waals surface area contributed by atoms with Crippen LogP contribution in [0, 0.1) is 6.92 Å². The summed E-state index contributed by atoms with van der Waals surface area (Å²) in [6, 6.07) is 0. The predicted molar refractivity (Wildman–Crippen MR) is 73.8 cm³/mol. The van der Waals surface area contributed by atoms with Gasteiger partial charge in [0.05, 0.1) is 16.8 Å². The van der Waals surface area contributed by atoms with Gasteiger partial charge in [-0.15, -0.1) is 0 Å². The molecule has 0 aliphatic carbocycles. The van der Waals surface area contributed by atoms with Crippen molar-refractivity contribution in [1.82, 2.24) is 14.8 Å². The lowest BCUT2D eigenvalue weighted by Gasteiger charge is -2.23. The number of nitrogens with zero attached hydrogens (tertiary/aromatic N) is 4. The standard InChI is InChI=1S/C13H18N4O2/c1-5-17(6-2)11-9(13(18)19)7-14-12-10(11)8(3)15-16(12)4/h7H,5-6H2,1-4H3,(H,18,19). The van der Waals surface area contributed by atoms with E-state index in [1.54, 1.807) is 4.68 Å². The van der Waals surface area contributed by atoms with Crippen LogP contribution in [0.4, 0.5) is 5.69 Å². The van der Waals surface area contributed by atoms with E-state index in [1.807, 2.05) is 32.7 Å². The Morgan fingerprint density at radius 2 is 2.05 bits per heavy atom. The molecular weight excluding hydrogens is 244 g/mol. The fourth-order valence-electron chi connectivity index (χ4n) is 2.42. The van der Waals surface area contributed by atoms with Gasteiger partial charge in [-0.2, -0.15) is 5.10 Å². The molecule has 0 saturated carbocycles. The first-order valence-electron chi connectivity index (χ1n) is 6.31. The zero-order valence-corrected chi connectivity index (χ0v) is 11.6. The third-order valence-electron chi connectivity index (χ3n) is 3.31. The molecule has 0 bridgehead atoms. The van der Waals surface area contributed by atoms with E-state index in [2.05, 4.69) is 10.1 Å². The molecule has 19 heavy (non-hydrogen) atoms. The summed E-state index contributed by atoms with van der Waals surface area (Å²) in [4.78, 5) is 17.7. The van der Waals surface area contributed by atoms with E-state index in [4.69, 9.17) is 0 Å².